The van der Waals surface area contributed by atoms with Crippen LogP contribution >= 0.6 is 0 Å². The van der Waals surface area contributed by atoms with Gasteiger partial charge in [0.2, 0.25) is 0 Å². The molecular formula is C51H78FNO12. The number of rotatable bonds is 6. The molecule has 4 aliphatic rings. The summed E-state index contributed by atoms with van der Waals surface area (Å²) in [5.41, 5.74) is 1.14. The molecule has 15 atom stereocenters. The second kappa shape index (κ2) is 25.1. The van der Waals surface area contributed by atoms with Crippen LogP contribution in [0.3, 0.4) is 0 Å². The largest absolute Gasteiger partial charge is 0.460 e. The van der Waals surface area contributed by atoms with Crippen molar-refractivity contribution < 1.29 is 62.3 Å². The fourth-order valence-corrected chi connectivity index (χ4v) is 10.1. The molecule has 366 valence electrons. The number of cyclic esters (lactones) is 1. The highest BCUT2D eigenvalue weighted by molar-refractivity contribution is 6.39. The molecule has 2 saturated heterocycles. The summed E-state index contributed by atoms with van der Waals surface area (Å²) < 4.78 is 46.1. The Morgan fingerprint density at radius 2 is 1.60 bits per heavy atom. The van der Waals surface area contributed by atoms with E-state index in [9.17, 15) is 34.2 Å². The molecule has 2 bridgehead atoms. The summed E-state index contributed by atoms with van der Waals surface area (Å²) in [6.45, 7) is 12.5. The van der Waals surface area contributed by atoms with Crippen LogP contribution in [0.5, 0.6) is 0 Å². The molecule has 0 aromatic heterocycles. The van der Waals surface area contributed by atoms with E-state index in [1.165, 1.54) is 7.11 Å². The smallest absolute Gasteiger partial charge is 0.329 e. The lowest BCUT2D eigenvalue weighted by Gasteiger charge is -2.41. The van der Waals surface area contributed by atoms with E-state index in [4.69, 9.17) is 23.7 Å². The van der Waals surface area contributed by atoms with Crippen LogP contribution in [0.1, 0.15) is 126 Å². The molecule has 13 nitrogen and oxygen atoms in total. The number of esters is 1. The number of alkyl halides is 1. The van der Waals surface area contributed by atoms with E-state index in [0.717, 1.165) is 10.5 Å². The standard InChI is InChI=1S/C51H78FNO12/c1-30-16-12-11-13-17-31(2)42(61-8)28-38-21-19-36(7)51(52,65-38)48(58)49(59)53-23-15-14-18-39(53)50(60)64-43(33(4)26-37-20-22-40(54)44(27-37)62-9)29-41(55)32(3)25-35(6)46(57)47(63-10)45(56)34(5)24-30/h11-13,16-17,25,30,33-40,42-44,46-47,54,57H,14-15,18-24,26-29H2,1-10H3/t30-,33-,34-,35?,36-,37?,38+,39?,40+,42+,43+,44-,46-,47+,51?/m1/s1. The van der Waals surface area contributed by atoms with Crippen molar-refractivity contribution in [2.45, 2.75) is 180 Å². The molecule has 0 aromatic rings. The van der Waals surface area contributed by atoms with Gasteiger partial charge in [-0.1, -0.05) is 71.1 Å². The number of methoxy groups -OCH3 is 3. The second-order valence-electron chi connectivity index (χ2n) is 19.6. The van der Waals surface area contributed by atoms with Crippen LogP contribution in [0.2, 0.25) is 0 Å². The zero-order valence-electron chi connectivity index (χ0n) is 40.5. The number of hydrogen-bond donors (Lipinski definition) is 2. The van der Waals surface area contributed by atoms with E-state index < -0.39 is 83.9 Å². The highest BCUT2D eigenvalue weighted by Gasteiger charge is 2.55. The second-order valence-corrected chi connectivity index (χ2v) is 19.6. The van der Waals surface area contributed by atoms with Crippen LogP contribution in [0.25, 0.3) is 0 Å². The lowest BCUT2D eigenvalue weighted by molar-refractivity contribution is -0.231. The molecule has 0 spiro atoms. The van der Waals surface area contributed by atoms with Gasteiger partial charge in [-0.25, -0.2) is 9.18 Å². The van der Waals surface area contributed by atoms with Crippen molar-refractivity contribution in [2.75, 3.05) is 27.9 Å². The molecule has 3 heterocycles. The average Bonchev–Trinajstić information content (AvgIpc) is 3.28. The first-order valence-corrected chi connectivity index (χ1v) is 23.9. The Hall–Kier alpha value is -3.40. The first-order chi connectivity index (χ1) is 30.7. The molecule has 1 saturated carbocycles. The summed E-state index contributed by atoms with van der Waals surface area (Å²) in [7, 11) is 4.48. The van der Waals surface area contributed by atoms with Crippen molar-refractivity contribution in [3.05, 3.63) is 47.6 Å². The Bertz CT molecular complexity index is 1760. The monoisotopic (exact) mass is 916 g/mol. The molecule has 1 amide bonds. The third kappa shape index (κ3) is 14.3. The highest BCUT2D eigenvalue weighted by Crippen LogP contribution is 2.40. The Morgan fingerprint density at radius 3 is 2.28 bits per heavy atom. The molecule has 65 heavy (non-hydrogen) atoms. The van der Waals surface area contributed by atoms with Gasteiger partial charge in [0.1, 0.15) is 18.2 Å². The maximum Gasteiger partial charge on any atom is 0.329 e. The van der Waals surface area contributed by atoms with Gasteiger partial charge in [0.15, 0.2) is 11.6 Å². The Labute approximate surface area is 386 Å². The van der Waals surface area contributed by atoms with Crippen LogP contribution in [-0.4, -0.2) is 127 Å². The van der Waals surface area contributed by atoms with Gasteiger partial charge in [-0.3, -0.25) is 19.2 Å². The summed E-state index contributed by atoms with van der Waals surface area (Å²) in [6, 6.07) is -1.20. The van der Waals surface area contributed by atoms with E-state index >= 15 is 4.39 Å². The number of carbonyl (C=O) groups is 5. The highest BCUT2D eigenvalue weighted by atomic mass is 19.2. The zero-order chi connectivity index (χ0) is 48.2. The first kappa shape index (κ1) is 54.2. The third-order valence-electron chi connectivity index (χ3n) is 14.4. The van der Waals surface area contributed by atoms with Crippen LogP contribution in [-0.2, 0) is 47.7 Å². The van der Waals surface area contributed by atoms with Crippen LogP contribution in [0.15, 0.2) is 47.6 Å². The van der Waals surface area contributed by atoms with E-state index in [2.05, 4.69) is 0 Å². The molecular weight excluding hydrogens is 838 g/mol. The molecule has 2 N–H and O–H groups in total. The number of carbonyl (C=O) groups excluding carboxylic acids is 5. The minimum Gasteiger partial charge on any atom is -0.460 e. The number of fused-ring (bicyclic) bond motifs is 3. The number of aliphatic hydroxyl groups excluding tert-OH is 2. The van der Waals surface area contributed by atoms with E-state index in [1.54, 1.807) is 41.1 Å². The number of ketones is 3. The number of hydrogen-bond acceptors (Lipinski definition) is 12. The minimum atomic E-state index is -2.93. The molecule has 0 aromatic carbocycles. The van der Waals surface area contributed by atoms with Gasteiger partial charge in [-0.05, 0) is 107 Å². The van der Waals surface area contributed by atoms with Crippen molar-refractivity contribution in [1.82, 2.24) is 4.90 Å². The van der Waals surface area contributed by atoms with Crippen LogP contribution in [0, 0.1) is 35.5 Å². The summed E-state index contributed by atoms with van der Waals surface area (Å²) in [4.78, 5) is 71.4. The molecule has 4 rings (SSSR count). The zero-order valence-corrected chi connectivity index (χ0v) is 40.5. The van der Waals surface area contributed by atoms with Crippen LogP contribution < -0.4 is 0 Å². The van der Waals surface area contributed by atoms with Crippen LogP contribution in [0.4, 0.5) is 4.39 Å². The van der Waals surface area contributed by atoms with Gasteiger partial charge in [-0.2, -0.15) is 0 Å². The van der Waals surface area contributed by atoms with Gasteiger partial charge < -0.3 is 38.8 Å². The maximum atomic E-state index is 17.1. The molecule has 4 unspecified atom stereocenters. The fraction of sp³-hybridized carbons (Fsp3) is 0.745. The van der Waals surface area contributed by atoms with Crippen molar-refractivity contribution >= 4 is 29.2 Å². The normalized spacial score (nSPS) is 37.8. The Morgan fingerprint density at radius 1 is 0.877 bits per heavy atom. The van der Waals surface area contributed by atoms with Crippen molar-refractivity contribution in [1.29, 1.82) is 0 Å². The van der Waals surface area contributed by atoms with Crippen molar-refractivity contribution in [3.63, 3.8) is 0 Å². The SMILES string of the molecule is CO[C@H]1C[C@@H]2CC[C@@H](C)C(F)(O2)C(=O)C(=O)N2CCCCC2C(=O)O[C@H]([C@H](C)CC2CC[C@H](O)[C@H](OC)C2)CC(=O)C(C)=CC(C)[C@@H](O)[C@@H](OC)C(=O)[C@H](C)C[C@H](C)C=CC=CC=C1C. The number of halogens is 1. The van der Waals surface area contributed by atoms with Gasteiger partial charge in [-0.15, -0.1) is 0 Å². The summed E-state index contributed by atoms with van der Waals surface area (Å²) in [6.07, 6.45) is 10.4. The number of aliphatic hydroxyl groups is 2. The lowest BCUT2D eigenvalue weighted by atomic mass is 9.78. The van der Waals surface area contributed by atoms with Crippen molar-refractivity contribution in [2.24, 2.45) is 35.5 Å². The molecule has 14 heteroatoms. The predicted octanol–water partition coefficient (Wildman–Crippen LogP) is 7.16. The summed E-state index contributed by atoms with van der Waals surface area (Å²) >= 11 is 0. The number of ether oxygens (including phenoxy) is 5. The van der Waals surface area contributed by atoms with E-state index in [-0.39, 0.29) is 67.7 Å². The van der Waals surface area contributed by atoms with Gasteiger partial charge in [0.25, 0.3) is 17.5 Å². The first-order valence-electron chi connectivity index (χ1n) is 23.9. The Balaban J connectivity index is 1.70. The summed E-state index contributed by atoms with van der Waals surface area (Å²) in [5.74, 6) is -9.13. The third-order valence-corrected chi connectivity index (χ3v) is 14.4. The quantitative estimate of drug-likeness (QED) is 0.204. The number of allylic oxidation sites excluding steroid dienone is 6. The molecule has 0 radical (unpaired) electrons. The van der Waals surface area contributed by atoms with Crippen molar-refractivity contribution in [3.8, 4) is 0 Å². The predicted molar refractivity (Wildman–Crippen MR) is 244 cm³/mol. The topological polar surface area (TPSA) is 175 Å². The average molecular weight is 916 g/mol. The van der Waals surface area contributed by atoms with E-state index in [1.807, 2.05) is 58.1 Å². The van der Waals surface area contributed by atoms with Gasteiger partial charge >= 0.3 is 5.97 Å². The Kier molecular flexibility index (Phi) is 20.9. The lowest BCUT2D eigenvalue weighted by Crippen LogP contribution is -2.59. The van der Waals surface area contributed by atoms with Gasteiger partial charge in [0, 0.05) is 58.5 Å². The summed E-state index contributed by atoms with van der Waals surface area (Å²) in [5, 5.41) is 21.9. The molecule has 1 aliphatic carbocycles. The number of amides is 1. The number of nitrogens with zero attached hydrogens (tertiary/aromatic N) is 1. The maximum absolute atomic E-state index is 17.1. The fourth-order valence-electron chi connectivity index (χ4n) is 10.1. The number of Topliss-reactive ketones (excluding diaryl/α,β-unsaturated/α-hetero) is 3. The molecule has 3 fully saturated rings. The number of piperidine rings is 1. The van der Waals surface area contributed by atoms with E-state index in [0.29, 0.717) is 56.9 Å². The minimum absolute atomic E-state index is 0.0102. The molecule has 3 aliphatic heterocycles. The van der Waals surface area contributed by atoms with Gasteiger partial charge in [0.05, 0.1) is 30.5 Å².